The van der Waals surface area contributed by atoms with Crippen LogP contribution in [-0.2, 0) is 13.5 Å². The van der Waals surface area contributed by atoms with Crippen LogP contribution in [0.2, 0.25) is 0 Å². The van der Waals surface area contributed by atoms with Gasteiger partial charge in [-0.3, -0.25) is 4.90 Å². The zero-order valence-corrected chi connectivity index (χ0v) is 19.9. The Morgan fingerprint density at radius 3 is 2.47 bits per heavy atom. The van der Waals surface area contributed by atoms with Crippen LogP contribution in [0.1, 0.15) is 26.5 Å². The summed E-state index contributed by atoms with van der Waals surface area (Å²) < 4.78 is 8.50. The summed E-state index contributed by atoms with van der Waals surface area (Å²) in [6.07, 6.45) is 5.72. The summed E-state index contributed by atoms with van der Waals surface area (Å²) in [6, 6.07) is 2.80. The molecule has 1 N–H and O–H groups in total. The highest BCUT2D eigenvalue weighted by atomic mass is 32.1. The molecule has 2 aromatic rings. The molecule has 3 rings (SSSR count). The third-order valence-electron chi connectivity index (χ3n) is 4.90. The van der Waals surface area contributed by atoms with Gasteiger partial charge >= 0.3 is 12.1 Å². The van der Waals surface area contributed by atoms with E-state index < -0.39 is 6.09 Å². The van der Waals surface area contributed by atoms with Gasteiger partial charge < -0.3 is 19.5 Å². The molecule has 0 aromatic carbocycles. The van der Waals surface area contributed by atoms with Crippen LogP contribution in [0.4, 0.5) is 15.3 Å². The van der Waals surface area contributed by atoms with Gasteiger partial charge in [-0.25, -0.2) is 23.9 Å². The SMILES string of the molecule is Cn1cnc(CCN2CCN(C(=O)Oc3ccc(N(S)C(=O)NC(C)(C)C)cn3)CC2)c1. The third kappa shape index (κ3) is 6.86. The number of carbonyl (C=O) groups excluding carboxylic acids is 2. The second-order valence-corrected chi connectivity index (χ2v) is 9.22. The Balaban J connectivity index is 1.44. The molecule has 0 saturated carbocycles. The van der Waals surface area contributed by atoms with Crippen LogP contribution in [0.15, 0.2) is 30.9 Å². The molecule has 10 nitrogen and oxygen atoms in total. The molecule has 1 saturated heterocycles. The van der Waals surface area contributed by atoms with Crippen molar-refractivity contribution in [2.75, 3.05) is 37.0 Å². The minimum atomic E-state index is -0.428. The lowest BCUT2D eigenvalue weighted by Gasteiger charge is -2.33. The van der Waals surface area contributed by atoms with E-state index in [0.29, 0.717) is 18.8 Å². The van der Waals surface area contributed by atoms with Crippen LogP contribution in [-0.4, -0.2) is 74.7 Å². The number of hydrogen-bond acceptors (Lipinski definition) is 7. The Bertz CT molecular complexity index is 918. The molecule has 2 aromatic heterocycles. The second-order valence-electron chi connectivity index (χ2n) is 8.82. The normalized spacial score (nSPS) is 14.8. The van der Waals surface area contributed by atoms with Crippen LogP contribution >= 0.6 is 12.8 Å². The van der Waals surface area contributed by atoms with Crippen molar-refractivity contribution in [3.63, 3.8) is 0 Å². The van der Waals surface area contributed by atoms with Crippen molar-refractivity contribution < 1.29 is 14.3 Å². The predicted molar refractivity (Wildman–Crippen MR) is 125 cm³/mol. The number of hydrogen-bond donors (Lipinski definition) is 2. The van der Waals surface area contributed by atoms with E-state index in [1.807, 2.05) is 38.6 Å². The van der Waals surface area contributed by atoms with Gasteiger partial charge in [0, 0.05) is 64.0 Å². The molecule has 0 bridgehead atoms. The van der Waals surface area contributed by atoms with E-state index in [-0.39, 0.29) is 17.5 Å². The first-order valence-corrected chi connectivity index (χ1v) is 10.9. The number of pyridine rings is 1. The van der Waals surface area contributed by atoms with Crippen molar-refractivity contribution in [1.29, 1.82) is 0 Å². The van der Waals surface area contributed by atoms with Crippen LogP contribution in [0.25, 0.3) is 0 Å². The minimum absolute atomic E-state index is 0.175. The molecule has 0 unspecified atom stereocenters. The number of imidazole rings is 1. The summed E-state index contributed by atoms with van der Waals surface area (Å²) in [7, 11) is 1.96. The summed E-state index contributed by atoms with van der Waals surface area (Å²) in [5.74, 6) is 0.175. The van der Waals surface area contributed by atoms with Crippen molar-refractivity contribution in [3.05, 3.63) is 36.5 Å². The molecule has 174 valence electrons. The highest BCUT2D eigenvalue weighted by Gasteiger charge is 2.23. The van der Waals surface area contributed by atoms with Gasteiger partial charge in [0.25, 0.3) is 0 Å². The maximum atomic E-state index is 12.5. The van der Waals surface area contributed by atoms with Crippen LogP contribution in [0.3, 0.4) is 0 Å². The Hall–Kier alpha value is -2.79. The fraction of sp³-hybridized carbons (Fsp3) is 0.524. The van der Waals surface area contributed by atoms with Crippen molar-refractivity contribution in [2.45, 2.75) is 32.7 Å². The van der Waals surface area contributed by atoms with Gasteiger partial charge in [0.2, 0.25) is 5.88 Å². The van der Waals surface area contributed by atoms with Crippen molar-refractivity contribution in [2.24, 2.45) is 7.05 Å². The number of anilines is 1. The fourth-order valence-electron chi connectivity index (χ4n) is 3.23. The Morgan fingerprint density at radius 1 is 1.19 bits per heavy atom. The van der Waals surface area contributed by atoms with Gasteiger partial charge in [-0.05, 0) is 26.8 Å². The number of ether oxygens (including phenoxy) is 1. The number of amides is 3. The van der Waals surface area contributed by atoms with Crippen LogP contribution < -0.4 is 14.4 Å². The van der Waals surface area contributed by atoms with Gasteiger partial charge in [0.1, 0.15) is 0 Å². The maximum absolute atomic E-state index is 12.5. The number of rotatable bonds is 5. The van der Waals surface area contributed by atoms with Gasteiger partial charge in [-0.1, -0.05) is 12.8 Å². The monoisotopic (exact) mass is 461 g/mol. The van der Waals surface area contributed by atoms with Gasteiger partial charge in [0.05, 0.1) is 23.9 Å². The molecule has 0 atom stereocenters. The molecule has 11 heteroatoms. The standard InChI is InChI=1S/C21H31N7O3S/c1-21(2,3)24-19(29)28(32)17-5-6-18(22-13-17)31-20(30)27-11-9-26(10-12-27)8-7-16-14-25(4)15-23-16/h5-6,13-15,32H,7-12H2,1-4H3,(H,24,29). The Kier molecular flexibility index (Phi) is 7.62. The molecule has 1 aliphatic rings. The van der Waals surface area contributed by atoms with Crippen molar-refractivity contribution in [3.8, 4) is 5.88 Å². The predicted octanol–water partition coefficient (Wildman–Crippen LogP) is 2.33. The molecule has 1 aliphatic heterocycles. The Labute approximate surface area is 194 Å². The molecule has 0 aliphatic carbocycles. The van der Waals surface area contributed by atoms with E-state index in [1.54, 1.807) is 23.4 Å². The molecule has 0 radical (unpaired) electrons. The first-order valence-electron chi connectivity index (χ1n) is 10.5. The lowest BCUT2D eigenvalue weighted by atomic mass is 10.1. The minimum Gasteiger partial charge on any atom is -0.391 e. The smallest absolute Gasteiger partial charge is 0.391 e. The van der Waals surface area contributed by atoms with Gasteiger partial charge in [-0.15, -0.1) is 0 Å². The number of carbonyl (C=O) groups is 2. The molecule has 32 heavy (non-hydrogen) atoms. The summed E-state index contributed by atoms with van der Waals surface area (Å²) in [4.78, 5) is 37.1. The molecule has 3 amide bonds. The van der Waals surface area contributed by atoms with E-state index in [4.69, 9.17) is 4.74 Å². The van der Waals surface area contributed by atoms with Crippen molar-refractivity contribution >= 4 is 30.6 Å². The molecule has 3 heterocycles. The summed E-state index contributed by atoms with van der Waals surface area (Å²) in [6.45, 7) is 9.31. The third-order valence-corrected chi connectivity index (χ3v) is 5.32. The molecule has 1 fully saturated rings. The number of nitrogens with one attached hydrogen (secondary N) is 1. The first-order chi connectivity index (χ1) is 15.1. The van der Waals surface area contributed by atoms with E-state index >= 15 is 0 Å². The average Bonchev–Trinajstić information content (AvgIpc) is 3.16. The largest absolute Gasteiger partial charge is 0.416 e. The van der Waals surface area contributed by atoms with Gasteiger partial charge in [-0.2, -0.15) is 0 Å². The van der Waals surface area contributed by atoms with Gasteiger partial charge in [0.15, 0.2) is 0 Å². The van der Waals surface area contributed by atoms with Crippen LogP contribution in [0.5, 0.6) is 5.88 Å². The number of aromatic nitrogens is 3. The number of nitrogens with zero attached hydrogens (tertiary/aromatic N) is 6. The quantitative estimate of drug-likeness (QED) is 0.664. The number of aryl methyl sites for hydroxylation is 1. The van der Waals surface area contributed by atoms with E-state index in [1.165, 1.54) is 6.20 Å². The summed E-state index contributed by atoms with van der Waals surface area (Å²) >= 11 is 4.22. The molecule has 0 spiro atoms. The lowest BCUT2D eigenvalue weighted by molar-refractivity contribution is 0.110. The Morgan fingerprint density at radius 2 is 1.91 bits per heavy atom. The second kappa shape index (κ2) is 10.2. The molecular formula is C21H31N7O3S. The summed E-state index contributed by atoms with van der Waals surface area (Å²) in [5, 5.41) is 2.81. The average molecular weight is 462 g/mol. The molecular weight excluding hydrogens is 430 g/mol. The van der Waals surface area contributed by atoms with E-state index in [0.717, 1.165) is 36.1 Å². The zero-order valence-electron chi connectivity index (χ0n) is 19.0. The highest BCUT2D eigenvalue weighted by Crippen LogP contribution is 2.19. The lowest BCUT2D eigenvalue weighted by Crippen LogP contribution is -2.50. The first kappa shape index (κ1) is 23.9. The summed E-state index contributed by atoms with van der Waals surface area (Å²) in [5.41, 5.74) is 1.15. The topological polar surface area (TPSA) is 95.8 Å². The van der Waals surface area contributed by atoms with Crippen LogP contribution in [0, 0.1) is 0 Å². The number of thiol groups is 1. The fourth-order valence-corrected chi connectivity index (χ4v) is 3.39. The maximum Gasteiger partial charge on any atom is 0.416 e. The van der Waals surface area contributed by atoms with E-state index in [9.17, 15) is 9.59 Å². The van der Waals surface area contributed by atoms with Crippen molar-refractivity contribution in [1.82, 2.24) is 29.7 Å². The highest BCUT2D eigenvalue weighted by molar-refractivity contribution is 7.82. The van der Waals surface area contributed by atoms with E-state index in [2.05, 4.69) is 33.0 Å². The number of piperazine rings is 1. The number of urea groups is 1. The zero-order chi connectivity index (χ0) is 23.3.